The molecule has 3 rings (SSSR count). The lowest BCUT2D eigenvalue weighted by atomic mass is 10.1. The second-order valence-electron chi connectivity index (χ2n) is 7.72. The predicted molar refractivity (Wildman–Crippen MR) is 122 cm³/mol. The van der Waals surface area contributed by atoms with E-state index in [2.05, 4.69) is 0 Å². The van der Waals surface area contributed by atoms with E-state index in [1.807, 2.05) is 0 Å². The van der Waals surface area contributed by atoms with Crippen LogP contribution in [0.4, 0.5) is 5.69 Å². The molecule has 1 aliphatic heterocycles. The molecule has 2 aromatic carbocycles. The number of carbonyl (C=O) groups excluding carboxylic acids is 1. The third kappa shape index (κ3) is 4.74. The number of methoxy groups -OCH3 is 1. The van der Waals surface area contributed by atoms with Gasteiger partial charge in [0.15, 0.2) is 9.84 Å². The molecule has 11 heteroatoms. The molecule has 0 aliphatic carbocycles. The molecule has 1 heterocycles. The largest absolute Gasteiger partial charge is 0.495 e. The van der Waals surface area contributed by atoms with Gasteiger partial charge in [0.1, 0.15) is 5.75 Å². The molecule has 0 spiro atoms. The summed E-state index contributed by atoms with van der Waals surface area (Å²) in [5.41, 5.74) is 0.651. The molecule has 1 saturated heterocycles. The van der Waals surface area contributed by atoms with Gasteiger partial charge in [0.25, 0.3) is 15.9 Å². The van der Waals surface area contributed by atoms with Crippen LogP contribution in [0, 0.1) is 0 Å². The summed E-state index contributed by atoms with van der Waals surface area (Å²) in [7, 11) is -0.833. The summed E-state index contributed by atoms with van der Waals surface area (Å²) in [5, 5.41) is 2.98. The van der Waals surface area contributed by atoms with Crippen molar-refractivity contribution in [3.63, 3.8) is 0 Å². The van der Waals surface area contributed by atoms with E-state index in [9.17, 15) is 21.6 Å². The summed E-state index contributed by atoms with van der Waals surface area (Å²) in [5.74, 6) is -0.0212. The van der Waals surface area contributed by atoms with E-state index in [-0.39, 0.29) is 27.9 Å². The maximum absolute atomic E-state index is 13.1. The van der Waals surface area contributed by atoms with E-state index in [4.69, 9.17) is 4.74 Å². The van der Waals surface area contributed by atoms with E-state index in [1.54, 1.807) is 43.4 Å². The molecule has 0 aromatic heterocycles. The lowest BCUT2D eigenvalue weighted by Crippen LogP contribution is -2.49. The number of nitrogens with zero attached hydrogens (tertiary/aromatic N) is 3. The van der Waals surface area contributed by atoms with E-state index >= 15 is 0 Å². The molecule has 0 saturated carbocycles. The van der Waals surface area contributed by atoms with Gasteiger partial charge in [-0.3, -0.25) is 14.1 Å². The number of carbonyl (C=O) groups is 1. The monoisotopic (exact) mass is 481 g/mol. The van der Waals surface area contributed by atoms with Crippen molar-refractivity contribution in [1.29, 1.82) is 0 Å². The lowest BCUT2D eigenvalue weighted by Gasteiger charge is -2.33. The highest BCUT2D eigenvalue weighted by Gasteiger charge is 2.36. The molecule has 32 heavy (non-hydrogen) atoms. The Morgan fingerprint density at radius 2 is 1.66 bits per heavy atom. The smallest absolute Gasteiger partial charge is 0.268 e. The van der Waals surface area contributed by atoms with Crippen molar-refractivity contribution in [3.8, 4) is 5.75 Å². The van der Waals surface area contributed by atoms with Crippen LogP contribution in [0.5, 0.6) is 5.75 Å². The summed E-state index contributed by atoms with van der Waals surface area (Å²) < 4.78 is 56.3. The molecule has 1 amide bonds. The second-order valence-corrected chi connectivity index (χ2v) is 11.9. The van der Waals surface area contributed by atoms with Gasteiger partial charge in [-0.25, -0.2) is 21.8 Å². The summed E-state index contributed by atoms with van der Waals surface area (Å²) in [6, 6.07) is 11.9. The van der Waals surface area contributed by atoms with Crippen LogP contribution in [0.1, 0.15) is 16.8 Å². The number of rotatable bonds is 7. The maximum Gasteiger partial charge on any atom is 0.268 e. The Kier molecular flexibility index (Phi) is 6.82. The van der Waals surface area contributed by atoms with E-state index in [0.717, 1.165) is 4.31 Å². The normalized spacial score (nSPS) is 17.8. The number of ether oxygens (including phenoxy) is 1. The van der Waals surface area contributed by atoms with Crippen molar-refractivity contribution in [2.45, 2.75) is 17.4 Å². The molecule has 1 atom stereocenters. The van der Waals surface area contributed by atoms with Crippen LogP contribution in [0.3, 0.4) is 0 Å². The standard InChI is InChI=1S/C21H27N3O6S2/c1-22(2)24(17-13-14-31(26,27)15-17)21(25)16-9-11-18(12-10-16)32(28,29)23(3)19-7-5-6-8-20(19)30-4/h5-12,17H,13-15H2,1-4H3/t17-/m1/s1. The van der Waals surface area contributed by atoms with Gasteiger partial charge in [0.05, 0.1) is 35.2 Å². The topological polar surface area (TPSA) is 104 Å². The number of anilines is 1. The first kappa shape index (κ1) is 24.0. The molecular formula is C21H27N3O6S2. The van der Waals surface area contributed by atoms with Gasteiger partial charge < -0.3 is 4.74 Å². The van der Waals surface area contributed by atoms with Gasteiger partial charge in [0, 0.05) is 26.7 Å². The number of sulfonamides is 1. The van der Waals surface area contributed by atoms with Crippen LogP contribution in [0.2, 0.25) is 0 Å². The lowest BCUT2D eigenvalue weighted by molar-refractivity contribution is 0.00100. The summed E-state index contributed by atoms with van der Waals surface area (Å²) in [6.07, 6.45) is 0.364. The summed E-state index contributed by atoms with van der Waals surface area (Å²) in [4.78, 5) is 13.1. The van der Waals surface area contributed by atoms with Gasteiger partial charge in [-0.15, -0.1) is 0 Å². The van der Waals surface area contributed by atoms with Gasteiger partial charge in [-0.1, -0.05) is 12.1 Å². The number of hydrogen-bond acceptors (Lipinski definition) is 7. The summed E-state index contributed by atoms with van der Waals surface area (Å²) in [6.45, 7) is 0. The predicted octanol–water partition coefficient (Wildman–Crippen LogP) is 1.63. The highest BCUT2D eigenvalue weighted by atomic mass is 32.2. The van der Waals surface area contributed by atoms with Gasteiger partial charge >= 0.3 is 0 Å². The molecule has 1 aliphatic rings. The number of amides is 1. The van der Waals surface area contributed by atoms with Gasteiger partial charge in [-0.2, -0.15) is 0 Å². The minimum atomic E-state index is -3.90. The third-order valence-corrected chi connectivity index (χ3v) is 8.91. The van der Waals surface area contributed by atoms with Gasteiger partial charge in [-0.05, 0) is 42.8 Å². The van der Waals surface area contributed by atoms with Crippen LogP contribution in [0.15, 0.2) is 53.4 Å². The molecule has 174 valence electrons. The molecular weight excluding hydrogens is 454 g/mol. The van der Waals surface area contributed by atoms with Gasteiger partial charge in [0.2, 0.25) is 0 Å². The fourth-order valence-electron chi connectivity index (χ4n) is 3.72. The average Bonchev–Trinajstić information content (AvgIpc) is 3.11. The van der Waals surface area contributed by atoms with Crippen LogP contribution >= 0.6 is 0 Å². The SMILES string of the molecule is COc1ccccc1N(C)S(=O)(=O)c1ccc(C(=O)N([C@@H]2CCS(=O)(=O)C2)N(C)C)cc1. The van der Waals surface area contributed by atoms with Crippen LogP contribution < -0.4 is 9.04 Å². The Hall–Kier alpha value is -2.63. The number of hydrazine groups is 1. The molecule has 0 unspecified atom stereocenters. The molecule has 0 N–H and O–H groups in total. The van der Waals surface area contributed by atoms with E-state index in [0.29, 0.717) is 17.9 Å². The minimum absolute atomic E-state index is 0.0160. The molecule has 0 radical (unpaired) electrons. The van der Waals surface area contributed by atoms with Crippen molar-refractivity contribution in [1.82, 2.24) is 10.0 Å². The fraction of sp³-hybridized carbons (Fsp3) is 0.381. The molecule has 9 nitrogen and oxygen atoms in total. The fourth-order valence-corrected chi connectivity index (χ4v) is 6.62. The zero-order chi connectivity index (χ0) is 23.7. The van der Waals surface area contributed by atoms with E-state index in [1.165, 1.54) is 43.4 Å². The zero-order valence-electron chi connectivity index (χ0n) is 18.4. The molecule has 1 fully saturated rings. The number of sulfone groups is 1. The number of benzene rings is 2. The number of para-hydroxylation sites is 2. The summed E-state index contributed by atoms with van der Waals surface area (Å²) >= 11 is 0. The van der Waals surface area contributed by atoms with Crippen LogP contribution in [-0.4, -0.2) is 78.6 Å². The first-order valence-electron chi connectivity index (χ1n) is 9.91. The Balaban J connectivity index is 1.87. The minimum Gasteiger partial charge on any atom is -0.495 e. The quantitative estimate of drug-likeness (QED) is 0.554. The van der Waals surface area contributed by atoms with Crippen molar-refractivity contribution in [3.05, 3.63) is 54.1 Å². The molecule has 0 bridgehead atoms. The van der Waals surface area contributed by atoms with E-state index < -0.39 is 25.9 Å². The Bertz CT molecular complexity index is 1190. The van der Waals surface area contributed by atoms with Crippen molar-refractivity contribution in [2.75, 3.05) is 44.1 Å². The average molecular weight is 482 g/mol. The Labute approximate surface area is 189 Å². The zero-order valence-corrected chi connectivity index (χ0v) is 20.1. The van der Waals surface area contributed by atoms with Crippen molar-refractivity contribution >= 4 is 31.5 Å². The first-order valence-corrected chi connectivity index (χ1v) is 13.2. The maximum atomic E-state index is 13.1. The number of hydrogen-bond donors (Lipinski definition) is 0. The highest BCUT2D eigenvalue weighted by molar-refractivity contribution is 7.92. The van der Waals surface area contributed by atoms with Crippen molar-refractivity contribution < 1.29 is 26.4 Å². The highest BCUT2D eigenvalue weighted by Crippen LogP contribution is 2.31. The van der Waals surface area contributed by atoms with Crippen LogP contribution in [-0.2, 0) is 19.9 Å². The Morgan fingerprint density at radius 1 is 1.03 bits per heavy atom. The first-order chi connectivity index (χ1) is 15.0. The van der Waals surface area contributed by atoms with Crippen LogP contribution in [0.25, 0.3) is 0 Å². The Morgan fingerprint density at radius 3 is 2.19 bits per heavy atom. The second kappa shape index (κ2) is 9.08. The molecule has 2 aromatic rings. The van der Waals surface area contributed by atoms with Crippen molar-refractivity contribution in [2.24, 2.45) is 0 Å². The third-order valence-electron chi connectivity index (χ3n) is 5.38.